The van der Waals surface area contributed by atoms with E-state index in [0.717, 1.165) is 19.4 Å². The lowest BCUT2D eigenvalue weighted by Crippen LogP contribution is -2.16. The second kappa shape index (κ2) is 5.04. The summed E-state index contributed by atoms with van der Waals surface area (Å²) in [5.41, 5.74) is 1.49. The maximum absolute atomic E-state index is 5.79. The Balaban J connectivity index is 1.85. The second-order valence-electron chi connectivity index (χ2n) is 4.10. The van der Waals surface area contributed by atoms with E-state index >= 15 is 0 Å². The van der Waals surface area contributed by atoms with Gasteiger partial charge in [-0.1, -0.05) is 25.1 Å². The number of ether oxygens (including phenoxy) is 1. The molecule has 0 amide bonds. The third kappa shape index (κ3) is 2.76. The summed E-state index contributed by atoms with van der Waals surface area (Å²) < 4.78 is 5.79. The van der Waals surface area contributed by atoms with Crippen molar-refractivity contribution in [2.24, 2.45) is 0 Å². The van der Waals surface area contributed by atoms with Gasteiger partial charge in [-0.2, -0.15) is 0 Å². The Morgan fingerprint density at radius 3 is 3.00 bits per heavy atom. The van der Waals surface area contributed by atoms with Crippen molar-refractivity contribution in [3.05, 3.63) is 29.8 Å². The summed E-state index contributed by atoms with van der Waals surface area (Å²) in [6, 6.07) is 8.68. The van der Waals surface area contributed by atoms with Crippen LogP contribution in [-0.2, 0) is 11.2 Å². The number of hydrogen-bond donors (Lipinski definition) is 0. The Bertz CT molecular complexity index is 299. The maximum atomic E-state index is 5.79. The minimum Gasteiger partial charge on any atom is -0.377 e. The summed E-state index contributed by atoms with van der Waals surface area (Å²) in [5.74, 6) is 0. The zero-order valence-corrected chi connectivity index (χ0v) is 10.2. The highest BCUT2D eigenvalue weighted by Gasteiger charge is 2.22. The summed E-state index contributed by atoms with van der Waals surface area (Å²) in [7, 11) is 0. The molecule has 2 atom stereocenters. The average Bonchev–Trinajstić information content (AvgIpc) is 2.68. The molecule has 1 aliphatic heterocycles. The van der Waals surface area contributed by atoms with Crippen molar-refractivity contribution >= 4 is 11.8 Å². The molecule has 0 aromatic heterocycles. The standard InChI is InChI=1S/C13H18OS/c1-3-10(2)14-9-12-8-11-6-4-5-7-13(11)15-12/h4-7,10,12H,3,8-9H2,1-2H3. The van der Waals surface area contributed by atoms with Crippen molar-refractivity contribution in [3.63, 3.8) is 0 Å². The van der Waals surface area contributed by atoms with Gasteiger partial charge in [-0.05, 0) is 31.4 Å². The zero-order chi connectivity index (χ0) is 10.7. The van der Waals surface area contributed by atoms with Gasteiger partial charge in [-0.15, -0.1) is 11.8 Å². The van der Waals surface area contributed by atoms with E-state index in [9.17, 15) is 0 Å². The van der Waals surface area contributed by atoms with E-state index in [1.807, 2.05) is 11.8 Å². The molecule has 0 saturated heterocycles. The fourth-order valence-electron chi connectivity index (χ4n) is 1.74. The highest BCUT2D eigenvalue weighted by molar-refractivity contribution is 8.00. The van der Waals surface area contributed by atoms with Crippen LogP contribution in [0.25, 0.3) is 0 Å². The predicted octanol–water partition coefficient (Wildman–Crippen LogP) is 3.52. The molecule has 1 aromatic rings. The summed E-state index contributed by atoms with van der Waals surface area (Å²) >= 11 is 1.96. The lowest BCUT2D eigenvalue weighted by Gasteiger charge is -2.14. The molecule has 15 heavy (non-hydrogen) atoms. The van der Waals surface area contributed by atoms with Crippen LogP contribution in [0.1, 0.15) is 25.8 Å². The van der Waals surface area contributed by atoms with E-state index in [2.05, 4.69) is 38.1 Å². The van der Waals surface area contributed by atoms with Crippen LogP contribution >= 0.6 is 11.8 Å². The largest absolute Gasteiger partial charge is 0.377 e. The fraction of sp³-hybridized carbons (Fsp3) is 0.538. The monoisotopic (exact) mass is 222 g/mol. The number of fused-ring (bicyclic) bond motifs is 1. The molecule has 1 aliphatic rings. The van der Waals surface area contributed by atoms with Gasteiger partial charge in [0.15, 0.2) is 0 Å². The molecule has 2 heteroatoms. The van der Waals surface area contributed by atoms with Crippen LogP contribution < -0.4 is 0 Å². The van der Waals surface area contributed by atoms with Gasteiger partial charge in [0.25, 0.3) is 0 Å². The molecule has 1 nitrogen and oxygen atoms in total. The first-order valence-corrected chi connectivity index (χ1v) is 6.53. The summed E-state index contributed by atoms with van der Waals surface area (Å²) in [6.07, 6.45) is 2.66. The highest BCUT2D eigenvalue weighted by Crippen LogP contribution is 2.36. The number of benzene rings is 1. The molecule has 0 bridgehead atoms. The van der Waals surface area contributed by atoms with Gasteiger partial charge < -0.3 is 4.74 Å². The Labute approximate surface area is 96.2 Å². The molecule has 0 N–H and O–H groups in total. The lowest BCUT2D eigenvalue weighted by molar-refractivity contribution is 0.0651. The molecule has 2 rings (SSSR count). The van der Waals surface area contributed by atoms with Gasteiger partial charge in [0.2, 0.25) is 0 Å². The van der Waals surface area contributed by atoms with Gasteiger partial charge in [-0.3, -0.25) is 0 Å². The molecule has 2 unspecified atom stereocenters. The minimum absolute atomic E-state index is 0.398. The molecular formula is C13H18OS. The topological polar surface area (TPSA) is 9.23 Å². The van der Waals surface area contributed by atoms with E-state index in [4.69, 9.17) is 4.74 Å². The molecule has 1 heterocycles. The van der Waals surface area contributed by atoms with E-state index in [-0.39, 0.29) is 0 Å². The second-order valence-corrected chi connectivity index (χ2v) is 5.45. The molecule has 82 valence electrons. The third-order valence-electron chi connectivity index (χ3n) is 2.86. The van der Waals surface area contributed by atoms with Gasteiger partial charge in [0, 0.05) is 10.1 Å². The molecule has 0 saturated carbocycles. The van der Waals surface area contributed by atoms with Gasteiger partial charge in [0.05, 0.1) is 12.7 Å². The van der Waals surface area contributed by atoms with Crippen LogP contribution in [0.4, 0.5) is 0 Å². The fourth-order valence-corrected chi connectivity index (χ4v) is 2.96. The van der Waals surface area contributed by atoms with Gasteiger partial charge in [0.1, 0.15) is 0 Å². The van der Waals surface area contributed by atoms with E-state index in [1.165, 1.54) is 10.5 Å². The summed E-state index contributed by atoms with van der Waals surface area (Å²) in [4.78, 5) is 1.44. The molecular weight excluding hydrogens is 204 g/mol. The first-order chi connectivity index (χ1) is 7.29. The molecule has 0 fully saturated rings. The van der Waals surface area contributed by atoms with Crippen molar-refractivity contribution in [1.82, 2.24) is 0 Å². The Kier molecular flexibility index (Phi) is 3.71. The molecule has 0 radical (unpaired) electrons. The highest BCUT2D eigenvalue weighted by atomic mass is 32.2. The number of hydrogen-bond acceptors (Lipinski definition) is 2. The summed E-state index contributed by atoms with van der Waals surface area (Å²) in [5, 5.41) is 0.622. The van der Waals surface area contributed by atoms with Crippen LogP contribution in [0, 0.1) is 0 Å². The third-order valence-corrected chi connectivity index (χ3v) is 4.14. The van der Waals surface area contributed by atoms with Crippen LogP contribution in [-0.4, -0.2) is 18.0 Å². The van der Waals surface area contributed by atoms with Crippen LogP contribution in [0.15, 0.2) is 29.2 Å². The lowest BCUT2D eigenvalue weighted by atomic mass is 10.1. The first kappa shape index (κ1) is 11.0. The van der Waals surface area contributed by atoms with Crippen molar-refractivity contribution in [3.8, 4) is 0 Å². The summed E-state index contributed by atoms with van der Waals surface area (Å²) in [6.45, 7) is 5.20. The first-order valence-electron chi connectivity index (χ1n) is 5.65. The van der Waals surface area contributed by atoms with Crippen molar-refractivity contribution in [2.45, 2.75) is 42.9 Å². The van der Waals surface area contributed by atoms with E-state index in [1.54, 1.807) is 0 Å². The smallest absolute Gasteiger partial charge is 0.0595 e. The maximum Gasteiger partial charge on any atom is 0.0595 e. The van der Waals surface area contributed by atoms with E-state index in [0.29, 0.717) is 11.4 Å². The average molecular weight is 222 g/mol. The van der Waals surface area contributed by atoms with Gasteiger partial charge >= 0.3 is 0 Å². The van der Waals surface area contributed by atoms with Crippen LogP contribution in [0.2, 0.25) is 0 Å². The number of thioether (sulfide) groups is 1. The normalized spacial score (nSPS) is 21.3. The zero-order valence-electron chi connectivity index (χ0n) is 9.40. The van der Waals surface area contributed by atoms with Gasteiger partial charge in [-0.25, -0.2) is 0 Å². The SMILES string of the molecule is CCC(C)OCC1Cc2ccccc2S1. The molecule has 1 aromatic carbocycles. The molecule has 0 spiro atoms. The van der Waals surface area contributed by atoms with E-state index < -0.39 is 0 Å². The number of rotatable bonds is 4. The molecule has 0 aliphatic carbocycles. The van der Waals surface area contributed by atoms with Crippen LogP contribution in [0.3, 0.4) is 0 Å². The Morgan fingerprint density at radius 2 is 2.27 bits per heavy atom. The predicted molar refractivity (Wildman–Crippen MR) is 65.5 cm³/mol. The Morgan fingerprint density at radius 1 is 1.47 bits per heavy atom. The quantitative estimate of drug-likeness (QED) is 0.771. The van der Waals surface area contributed by atoms with Crippen molar-refractivity contribution in [2.75, 3.05) is 6.61 Å². The minimum atomic E-state index is 0.398. The Hall–Kier alpha value is -0.470. The van der Waals surface area contributed by atoms with Crippen molar-refractivity contribution in [1.29, 1.82) is 0 Å². The van der Waals surface area contributed by atoms with Crippen molar-refractivity contribution < 1.29 is 4.74 Å². The van der Waals surface area contributed by atoms with Crippen LogP contribution in [0.5, 0.6) is 0 Å².